The van der Waals surface area contributed by atoms with Crippen molar-refractivity contribution in [2.75, 3.05) is 6.54 Å². The second-order valence-corrected chi connectivity index (χ2v) is 5.58. The normalized spacial score (nSPS) is 12.4. The third-order valence-electron chi connectivity index (χ3n) is 3.44. The Hall–Kier alpha value is -1.38. The van der Waals surface area contributed by atoms with Gasteiger partial charge in [-0.15, -0.1) is 0 Å². The highest BCUT2D eigenvalue weighted by molar-refractivity contribution is 6.30. The van der Waals surface area contributed by atoms with E-state index in [1.54, 1.807) is 0 Å². The Labute approximate surface area is 126 Å². The molecule has 0 aliphatic heterocycles. The zero-order valence-corrected chi connectivity index (χ0v) is 13.0. The number of rotatable bonds is 5. The fraction of sp³-hybridized carbons (Fsp3) is 0.353. The Morgan fingerprint density at radius 3 is 2.60 bits per heavy atom. The van der Waals surface area contributed by atoms with Crippen molar-refractivity contribution in [3.63, 3.8) is 0 Å². The van der Waals surface area contributed by atoms with Crippen LogP contribution in [0.4, 0.5) is 0 Å². The Kier molecular flexibility index (Phi) is 5.16. The van der Waals surface area contributed by atoms with E-state index in [4.69, 9.17) is 11.6 Å². The first-order chi connectivity index (χ1) is 9.60. The van der Waals surface area contributed by atoms with E-state index in [1.807, 2.05) is 18.3 Å². The highest BCUT2D eigenvalue weighted by atomic mass is 35.5. The van der Waals surface area contributed by atoms with Gasteiger partial charge in [-0.05, 0) is 55.3 Å². The van der Waals surface area contributed by atoms with Crippen LogP contribution >= 0.6 is 11.6 Å². The van der Waals surface area contributed by atoms with Gasteiger partial charge in [0.2, 0.25) is 0 Å². The minimum absolute atomic E-state index is 0.271. The molecule has 0 radical (unpaired) electrons. The molecule has 2 nitrogen and oxygen atoms in total. The highest BCUT2D eigenvalue weighted by Crippen LogP contribution is 2.24. The minimum atomic E-state index is 0.271. The van der Waals surface area contributed by atoms with Crippen LogP contribution in [0.5, 0.6) is 0 Å². The van der Waals surface area contributed by atoms with E-state index in [2.05, 4.69) is 49.3 Å². The van der Waals surface area contributed by atoms with Crippen LogP contribution in [-0.4, -0.2) is 11.5 Å². The number of halogens is 1. The van der Waals surface area contributed by atoms with Gasteiger partial charge in [-0.1, -0.05) is 30.7 Å². The molecule has 0 aliphatic carbocycles. The molecule has 106 valence electrons. The molecule has 1 unspecified atom stereocenters. The Balaban J connectivity index is 2.24. The maximum absolute atomic E-state index is 6.04. The lowest BCUT2D eigenvalue weighted by atomic mass is 9.97. The molecule has 1 aromatic heterocycles. The van der Waals surface area contributed by atoms with Gasteiger partial charge in [-0.3, -0.25) is 4.98 Å². The van der Waals surface area contributed by atoms with E-state index in [0.29, 0.717) is 0 Å². The highest BCUT2D eigenvalue weighted by Gasteiger charge is 2.14. The predicted molar refractivity (Wildman–Crippen MR) is 85.3 cm³/mol. The molecule has 0 fully saturated rings. The van der Waals surface area contributed by atoms with Gasteiger partial charge in [0.15, 0.2) is 0 Å². The molecule has 2 rings (SSSR count). The summed E-state index contributed by atoms with van der Waals surface area (Å²) in [6.07, 6.45) is 2.81. The summed E-state index contributed by atoms with van der Waals surface area (Å²) in [5.74, 6) is 0. The van der Waals surface area contributed by atoms with Crippen molar-refractivity contribution in [1.82, 2.24) is 10.3 Å². The lowest BCUT2D eigenvalue weighted by Gasteiger charge is -2.20. The number of nitrogens with zero attached hydrogens (tertiary/aromatic N) is 1. The molecule has 0 spiro atoms. The van der Waals surface area contributed by atoms with Crippen LogP contribution in [0.3, 0.4) is 0 Å². The molecule has 0 saturated heterocycles. The zero-order chi connectivity index (χ0) is 14.5. The Morgan fingerprint density at radius 1 is 1.20 bits per heavy atom. The molecule has 0 bridgehead atoms. The molecule has 1 atom stereocenters. The minimum Gasteiger partial charge on any atom is -0.310 e. The van der Waals surface area contributed by atoms with Crippen molar-refractivity contribution >= 4 is 11.6 Å². The largest absolute Gasteiger partial charge is 0.310 e. The van der Waals surface area contributed by atoms with E-state index < -0.39 is 0 Å². The van der Waals surface area contributed by atoms with Crippen LogP contribution in [0, 0.1) is 13.8 Å². The average molecular weight is 289 g/mol. The van der Waals surface area contributed by atoms with Gasteiger partial charge in [-0.2, -0.15) is 0 Å². The molecule has 1 N–H and O–H groups in total. The van der Waals surface area contributed by atoms with E-state index in [0.717, 1.165) is 23.7 Å². The van der Waals surface area contributed by atoms with Gasteiger partial charge in [0, 0.05) is 29.4 Å². The summed E-state index contributed by atoms with van der Waals surface area (Å²) in [7, 11) is 0. The topological polar surface area (TPSA) is 24.9 Å². The first-order valence-electron chi connectivity index (χ1n) is 7.01. The van der Waals surface area contributed by atoms with Crippen LogP contribution < -0.4 is 5.32 Å². The smallest absolute Gasteiger partial charge is 0.0422 e. The second-order valence-electron chi connectivity index (χ2n) is 5.14. The number of hydrogen-bond acceptors (Lipinski definition) is 2. The summed E-state index contributed by atoms with van der Waals surface area (Å²) in [6, 6.07) is 10.6. The molecule has 1 heterocycles. The van der Waals surface area contributed by atoms with Gasteiger partial charge < -0.3 is 5.32 Å². The van der Waals surface area contributed by atoms with Gasteiger partial charge in [0.1, 0.15) is 0 Å². The second kappa shape index (κ2) is 6.87. The number of hydrogen-bond donors (Lipinski definition) is 1. The Bertz CT molecular complexity index is 564. The van der Waals surface area contributed by atoms with Gasteiger partial charge in [0.25, 0.3) is 0 Å². The maximum atomic E-state index is 6.04. The molecule has 0 amide bonds. The van der Waals surface area contributed by atoms with Crippen molar-refractivity contribution in [3.8, 4) is 0 Å². The van der Waals surface area contributed by atoms with Crippen LogP contribution in [0.15, 0.2) is 36.5 Å². The third kappa shape index (κ3) is 3.81. The molecule has 3 heteroatoms. The van der Waals surface area contributed by atoms with Crippen molar-refractivity contribution < 1.29 is 0 Å². The molecule has 20 heavy (non-hydrogen) atoms. The molecule has 0 aliphatic rings. The van der Waals surface area contributed by atoms with E-state index in [9.17, 15) is 0 Å². The number of nitrogens with one attached hydrogen (secondary N) is 1. The van der Waals surface area contributed by atoms with Crippen molar-refractivity contribution in [2.24, 2.45) is 0 Å². The molecular formula is C17H21ClN2. The van der Waals surface area contributed by atoms with Crippen LogP contribution in [0.1, 0.15) is 35.3 Å². The van der Waals surface area contributed by atoms with Gasteiger partial charge >= 0.3 is 0 Å². The summed E-state index contributed by atoms with van der Waals surface area (Å²) in [4.78, 5) is 4.51. The first kappa shape index (κ1) is 15.0. The number of aryl methyl sites for hydroxylation is 2. The summed E-state index contributed by atoms with van der Waals surface area (Å²) < 4.78 is 0. The summed E-state index contributed by atoms with van der Waals surface area (Å²) in [5.41, 5.74) is 4.81. The lowest BCUT2D eigenvalue weighted by Crippen LogP contribution is -2.24. The van der Waals surface area contributed by atoms with E-state index in [1.165, 1.54) is 16.7 Å². The van der Waals surface area contributed by atoms with Crippen LogP contribution in [0.2, 0.25) is 5.02 Å². The van der Waals surface area contributed by atoms with Gasteiger partial charge in [0.05, 0.1) is 0 Å². The Morgan fingerprint density at radius 2 is 2.00 bits per heavy atom. The number of likely N-dealkylation sites (N-methyl/N-ethyl adjacent to an activating group) is 1. The third-order valence-corrected chi connectivity index (χ3v) is 3.68. The number of benzene rings is 1. The van der Waals surface area contributed by atoms with Crippen LogP contribution in [0.25, 0.3) is 0 Å². The standard InChI is InChI=1S/C17H21ClN2/c1-4-19-17(10-15-7-5-12(2)11-20-15)16-8-6-14(18)9-13(16)3/h5-9,11,17,19H,4,10H2,1-3H3. The molecular weight excluding hydrogens is 268 g/mol. The predicted octanol–water partition coefficient (Wildman–Crippen LogP) is 4.25. The monoisotopic (exact) mass is 288 g/mol. The first-order valence-corrected chi connectivity index (χ1v) is 7.39. The van der Waals surface area contributed by atoms with Crippen molar-refractivity contribution in [2.45, 2.75) is 33.2 Å². The summed E-state index contributed by atoms with van der Waals surface area (Å²) in [5, 5.41) is 4.33. The maximum Gasteiger partial charge on any atom is 0.0422 e. The fourth-order valence-electron chi connectivity index (χ4n) is 2.40. The lowest BCUT2D eigenvalue weighted by molar-refractivity contribution is 0.541. The number of aromatic nitrogens is 1. The zero-order valence-electron chi connectivity index (χ0n) is 12.3. The fourth-order valence-corrected chi connectivity index (χ4v) is 2.62. The molecule has 2 aromatic rings. The number of pyridine rings is 1. The molecule has 1 aromatic carbocycles. The average Bonchev–Trinajstić information content (AvgIpc) is 2.41. The SMILES string of the molecule is CCNC(Cc1ccc(C)cn1)c1ccc(Cl)cc1C. The summed E-state index contributed by atoms with van der Waals surface area (Å²) in [6.45, 7) is 7.22. The van der Waals surface area contributed by atoms with Crippen molar-refractivity contribution in [3.05, 3.63) is 63.9 Å². The van der Waals surface area contributed by atoms with E-state index in [-0.39, 0.29) is 6.04 Å². The quantitative estimate of drug-likeness (QED) is 0.890. The van der Waals surface area contributed by atoms with E-state index >= 15 is 0 Å². The van der Waals surface area contributed by atoms with Crippen LogP contribution in [-0.2, 0) is 6.42 Å². The molecule has 0 saturated carbocycles. The van der Waals surface area contributed by atoms with Crippen molar-refractivity contribution in [1.29, 1.82) is 0 Å². The summed E-state index contributed by atoms with van der Waals surface area (Å²) >= 11 is 6.04. The van der Waals surface area contributed by atoms with Gasteiger partial charge in [-0.25, -0.2) is 0 Å².